The summed E-state index contributed by atoms with van der Waals surface area (Å²) >= 11 is 0. The third-order valence-corrected chi connectivity index (χ3v) is 4.40. The van der Waals surface area contributed by atoms with E-state index in [1.807, 2.05) is 36.4 Å². The van der Waals surface area contributed by atoms with E-state index in [-0.39, 0.29) is 11.8 Å². The van der Waals surface area contributed by atoms with Crippen molar-refractivity contribution >= 4 is 33.5 Å². The van der Waals surface area contributed by atoms with E-state index in [0.29, 0.717) is 17.4 Å². The van der Waals surface area contributed by atoms with Gasteiger partial charge in [-0.25, -0.2) is 0 Å². The second-order valence-electron chi connectivity index (χ2n) is 5.96. The Morgan fingerprint density at radius 1 is 1.23 bits per heavy atom. The summed E-state index contributed by atoms with van der Waals surface area (Å²) in [6.07, 6.45) is 0.959. The first-order valence-electron chi connectivity index (χ1n) is 7.47. The predicted molar refractivity (Wildman–Crippen MR) is 86.2 cm³/mol. The van der Waals surface area contributed by atoms with Gasteiger partial charge in [-0.2, -0.15) is 0 Å². The molecular formula is C18H17NO3. The fraction of sp³-hybridized carbons (Fsp3) is 0.278. The number of hydrogen-bond donors (Lipinski definition) is 1. The van der Waals surface area contributed by atoms with Gasteiger partial charge >= 0.3 is 0 Å². The number of anilines is 1. The fourth-order valence-electron chi connectivity index (χ4n) is 2.93. The molecule has 4 heteroatoms. The van der Waals surface area contributed by atoms with E-state index in [9.17, 15) is 4.79 Å². The van der Waals surface area contributed by atoms with Crippen LogP contribution in [0.2, 0.25) is 0 Å². The maximum absolute atomic E-state index is 12.2. The Labute approximate surface area is 128 Å². The smallest absolute Gasteiger partial charge is 0.227 e. The van der Waals surface area contributed by atoms with Gasteiger partial charge < -0.3 is 14.5 Å². The molecule has 1 fully saturated rings. The number of fused-ring (bicyclic) bond motifs is 3. The fourth-order valence-corrected chi connectivity index (χ4v) is 2.93. The summed E-state index contributed by atoms with van der Waals surface area (Å²) in [6.45, 7) is 2.09. The average molecular weight is 295 g/mol. The van der Waals surface area contributed by atoms with Crippen molar-refractivity contribution in [2.24, 2.45) is 11.8 Å². The van der Waals surface area contributed by atoms with Crippen LogP contribution in [0.4, 0.5) is 5.69 Å². The minimum absolute atomic E-state index is 0.0567. The Balaban J connectivity index is 1.80. The Morgan fingerprint density at radius 2 is 2.00 bits per heavy atom. The van der Waals surface area contributed by atoms with E-state index in [0.717, 1.165) is 28.4 Å². The third-order valence-electron chi connectivity index (χ3n) is 4.40. The van der Waals surface area contributed by atoms with Crippen LogP contribution < -0.4 is 10.1 Å². The number of benzene rings is 2. The van der Waals surface area contributed by atoms with Crippen LogP contribution in [0.5, 0.6) is 5.75 Å². The highest BCUT2D eigenvalue weighted by atomic mass is 16.5. The zero-order valence-electron chi connectivity index (χ0n) is 12.6. The molecule has 1 aliphatic carbocycles. The predicted octanol–water partition coefficient (Wildman–Crippen LogP) is 4.19. The summed E-state index contributed by atoms with van der Waals surface area (Å²) in [5.41, 5.74) is 2.25. The summed E-state index contributed by atoms with van der Waals surface area (Å²) in [6, 6.07) is 11.6. The number of rotatable bonds is 3. The van der Waals surface area contributed by atoms with Crippen molar-refractivity contribution in [2.75, 3.05) is 12.4 Å². The molecule has 1 heterocycles. The Hall–Kier alpha value is -2.49. The zero-order valence-corrected chi connectivity index (χ0v) is 12.6. The van der Waals surface area contributed by atoms with Crippen LogP contribution in [0.1, 0.15) is 13.3 Å². The molecule has 1 aromatic heterocycles. The number of ether oxygens (including phenoxy) is 1. The number of carbonyl (C=O) groups is 1. The number of hydrogen-bond acceptors (Lipinski definition) is 3. The van der Waals surface area contributed by atoms with Crippen molar-refractivity contribution in [2.45, 2.75) is 13.3 Å². The van der Waals surface area contributed by atoms with Crippen molar-refractivity contribution < 1.29 is 13.9 Å². The van der Waals surface area contributed by atoms with Gasteiger partial charge in [-0.15, -0.1) is 0 Å². The molecule has 112 valence electrons. The summed E-state index contributed by atoms with van der Waals surface area (Å²) in [7, 11) is 1.61. The highest BCUT2D eigenvalue weighted by Gasteiger charge is 2.39. The largest absolute Gasteiger partial charge is 0.495 e. The molecule has 2 aromatic carbocycles. The Kier molecular flexibility index (Phi) is 2.86. The second kappa shape index (κ2) is 4.77. The third kappa shape index (κ3) is 2.03. The van der Waals surface area contributed by atoms with Crippen LogP contribution in [-0.4, -0.2) is 13.0 Å². The van der Waals surface area contributed by atoms with Gasteiger partial charge in [0.05, 0.1) is 12.8 Å². The number of amides is 1. The number of para-hydroxylation sites is 1. The number of carbonyl (C=O) groups excluding carboxylic acids is 1. The van der Waals surface area contributed by atoms with Gasteiger partial charge in [-0.05, 0) is 24.5 Å². The normalized spacial score (nSPS) is 20.3. The van der Waals surface area contributed by atoms with Crippen LogP contribution >= 0.6 is 0 Å². The zero-order chi connectivity index (χ0) is 15.3. The first-order valence-corrected chi connectivity index (χ1v) is 7.47. The van der Waals surface area contributed by atoms with Gasteiger partial charge in [0.15, 0.2) is 0 Å². The van der Waals surface area contributed by atoms with Crippen molar-refractivity contribution in [3.05, 3.63) is 36.4 Å². The molecule has 22 heavy (non-hydrogen) atoms. The van der Waals surface area contributed by atoms with E-state index < -0.39 is 0 Å². The van der Waals surface area contributed by atoms with Crippen molar-refractivity contribution in [1.29, 1.82) is 0 Å². The Morgan fingerprint density at radius 3 is 2.73 bits per heavy atom. The quantitative estimate of drug-likeness (QED) is 0.788. The lowest BCUT2D eigenvalue weighted by molar-refractivity contribution is -0.117. The van der Waals surface area contributed by atoms with Gasteiger partial charge in [-0.3, -0.25) is 4.79 Å². The molecule has 3 aromatic rings. The molecule has 4 rings (SSSR count). The first kappa shape index (κ1) is 13.2. The molecule has 1 saturated carbocycles. The van der Waals surface area contributed by atoms with Crippen LogP contribution in [0.25, 0.3) is 21.9 Å². The van der Waals surface area contributed by atoms with Gasteiger partial charge in [0.25, 0.3) is 0 Å². The molecule has 1 aliphatic rings. The lowest BCUT2D eigenvalue weighted by Gasteiger charge is -2.10. The maximum atomic E-state index is 12.2. The van der Waals surface area contributed by atoms with Crippen LogP contribution in [0.15, 0.2) is 40.8 Å². The maximum Gasteiger partial charge on any atom is 0.227 e. The van der Waals surface area contributed by atoms with Gasteiger partial charge in [-0.1, -0.05) is 25.1 Å². The Bertz CT molecular complexity index is 881. The van der Waals surface area contributed by atoms with Crippen molar-refractivity contribution in [3.63, 3.8) is 0 Å². The van der Waals surface area contributed by atoms with Gasteiger partial charge in [0.1, 0.15) is 16.9 Å². The van der Waals surface area contributed by atoms with E-state index in [2.05, 4.69) is 12.2 Å². The van der Waals surface area contributed by atoms with Crippen molar-refractivity contribution in [3.8, 4) is 5.75 Å². The monoisotopic (exact) mass is 295 g/mol. The number of nitrogens with one attached hydrogen (secondary N) is 1. The molecule has 0 radical (unpaired) electrons. The summed E-state index contributed by atoms with van der Waals surface area (Å²) < 4.78 is 11.3. The van der Waals surface area contributed by atoms with E-state index in [4.69, 9.17) is 9.15 Å². The van der Waals surface area contributed by atoms with Crippen molar-refractivity contribution in [1.82, 2.24) is 0 Å². The first-order chi connectivity index (χ1) is 10.7. The van der Waals surface area contributed by atoms with Crippen LogP contribution in [0, 0.1) is 11.8 Å². The molecular weight excluding hydrogens is 278 g/mol. The van der Waals surface area contributed by atoms with E-state index >= 15 is 0 Å². The highest BCUT2D eigenvalue weighted by molar-refractivity contribution is 6.08. The van der Waals surface area contributed by atoms with Crippen LogP contribution in [-0.2, 0) is 4.79 Å². The molecule has 2 atom stereocenters. The molecule has 0 aliphatic heterocycles. The SMILES string of the molecule is COc1cc2c(cc1NC(=O)[C@H]1C[C@H]1C)oc1ccccc12. The van der Waals surface area contributed by atoms with E-state index in [1.165, 1.54) is 0 Å². The topological polar surface area (TPSA) is 51.5 Å². The van der Waals surface area contributed by atoms with Gasteiger partial charge in [0.2, 0.25) is 5.91 Å². The minimum atomic E-state index is 0.0567. The molecule has 0 bridgehead atoms. The highest BCUT2D eigenvalue weighted by Crippen LogP contribution is 2.40. The molecule has 0 saturated heterocycles. The molecule has 4 nitrogen and oxygen atoms in total. The summed E-state index contributed by atoms with van der Waals surface area (Å²) in [5, 5.41) is 5.00. The minimum Gasteiger partial charge on any atom is -0.495 e. The number of methoxy groups -OCH3 is 1. The average Bonchev–Trinajstić information content (AvgIpc) is 3.15. The van der Waals surface area contributed by atoms with E-state index in [1.54, 1.807) is 7.11 Å². The lowest BCUT2D eigenvalue weighted by atomic mass is 10.1. The summed E-state index contributed by atoms with van der Waals surface area (Å²) in [4.78, 5) is 12.2. The number of furan rings is 1. The molecule has 0 unspecified atom stereocenters. The summed E-state index contributed by atoms with van der Waals surface area (Å²) in [5.74, 6) is 1.30. The standard InChI is InChI=1S/C18H17NO3/c1-10-7-12(10)18(20)19-14-9-16-13(8-17(14)21-2)11-5-3-4-6-15(11)22-16/h3-6,8-10,12H,7H2,1-2H3,(H,19,20)/t10-,12+/m1/s1. The lowest BCUT2D eigenvalue weighted by Crippen LogP contribution is -2.15. The van der Waals surface area contributed by atoms with Crippen LogP contribution in [0.3, 0.4) is 0 Å². The van der Waals surface area contributed by atoms with Gasteiger partial charge in [0, 0.05) is 22.8 Å². The second-order valence-corrected chi connectivity index (χ2v) is 5.96. The molecule has 1 N–H and O–H groups in total. The molecule has 1 amide bonds. The molecule has 0 spiro atoms.